The van der Waals surface area contributed by atoms with Gasteiger partial charge in [0.15, 0.2) is 0 Å². The molecule has 0 radical (unpaired) electrons. The van der Waals surface area contributed by atoms with Gasteiger partial charge >= 0.3 is 0 Å². The normalized spacial score (nSPS) is 11.5. The highest BCUT2D eigenvalue weighted by Gasteiger charge is 2.27. The highest BCUT2D eigenvalue weighted by molar-refractivity contribution is 5.94. The van der Waals surface area contributed by atoms with Crippen molar-refractivity contribution in [2.45, 2.75) is 6.92 Å². The average Bonchev–Trinajstić information content (AvgIpc) is 3.08. The Balaban J connectivity index is 2.18. The average molecular weight is 321 g/mol. The number of aromatic nitrogens is 2. The predicted octanol–water partition coefficient (Wildman–Crippen LogP) is 1.07. The molecule has 2 aromatic rings. The van der Waals surface area contributed by atoms with Gasteiger partial charge in [0.1, 0.15) is 11.5 Å². The summed E-state index contributed by atoms with van der Waals surface area (Å²) >= 11 is 0. The summed E-state index contributed by atoms with van der Waals surface area (Å²) in [5.41, 5.74) is -0.360. The smallest absolute Gasteiger partial charge is 0.253 e. The molecule has 23 heavy (non-hydrogen) atoms. The van der Waals surface area contributed by atoms with Crippen LogP contribution in [0.1, 0.15) is 17.3 Å². The molecule has 0 aliphatic heterocycles. The van der Waals surface area contributed by atoms with Gasteiger partial charge in [-0.25, -0.2) is 9.07 Å². The van der Waals surface area contributed by atoms with Crippen LogP contribution in [0.2, 0.25) is 0 Å². The Morgan fingerprint density at radius 3 is 2.61 bits per heavy atom. The minimum atomic E-state index is -0.808. The van der Waals surface area contributed by atoms with Crippen molar-refractivity contribution >= 4 is 5.91 Å². The number of halogens is 1. The third-order valence-electron chi connectivity index (χ3n) is 3.67. The van der Waals surface area contributed by atoms with Crippen molar-refractivity contribution in [3.8, 4) is 5.69 Å². The Hall–Kier alpha value is -2.25. The summed E-state index contributed by atoms with van der Waals surface area (Å²) < 4.78 is 15.6. The van der Waals surface area contributed by atoms with Gasteiger partial charge < -0.3 is 15.1 Å². The second-order valence-electron chi connectivity index (χ2n) is 5.90. The number of aliphatic hydroxyl groups is 2. The maximum Gasteiger partial charge on any atom is 0.253 e. The summed E-state index contributed by atoms with van der Waals surface area (Å²) in [6.07, 6.45) is 3.15. The molecule has 1 heterocycles. The van der Waals surface area contributed by atoms with Crippen molar-refractivity contribution in [3.05, 3.63) is 48.0 Å². The van der Waals surface area contributed by atoms with Crippen molar-refractivity contribution in [1.29, 1.82) is 0 Å². The van der Waals surface area contributed by atoms with E-state index < -0.39 is 11.2 Å². The minimum absolute atomic E-state index is 0.154. The topological polar surface area (TPSA) is 78.6 Å². The summed E-state index contributed by atoms with van der Waals surface area (Å²) in [7, 11) is 1.55. The number of amides is 1. The van der Waals surface area contributed by atoms with E-state index >= 15 is 0 Å². The number of aliphatic hydroxyl groups excluding tert-OH is 2. The Morgan fingerprint density at radius 1 is 1.39 bits per heavy atom. The first-order valence-corrected chi connectivity index (χ1v) is 7.17. The molecule has 1 aromatic heterocycles. The SMILES string of the molecule is CN(CC(C)(CO)CO)C(=O)c1ccc(-n2cccn2)c(F)c1. The third-order valence-corrected chi connectivity index (χ3v) is 3.67. The van der Waals surface area contributed by atoms with Crippen LogP contribution >= 0.6 is 0 Å². The molecular weight excluding hydrogens is 301 g/mol. The molecule has 0 aliphatic carbocycles. The lowest BCUT2D eigenvalue weighted by molar-refractivity contribution is 0.0366. The van der Waals surface area contributed by atoms with Gasteiger partial charge in [-0.1, -0.05) is 6.92 Å². The van der Waals surface area contributed by atoms with E-state index in [-0.39, 0.29) is 36.9 Å². The van der Waals surface area contributed by atoms with Crippen LogP contribution in [0.3, 0.4) is 0 Å². The number of carbonyl (C=O) groups is 1. The van der Waals surface area contributed by atoms with Crippen molar-refractivity contribution < 1.29 is 19.4 Å². The summed E-state index contributed by atoms with van der Waals surface area (Å²) in [4.78, 5) is 13.7. The van der Waals surface area contributed by atoms with E-state index in [0.29, 0.717) is 0 Å². The van der Waals surface area contributed by atoms with Crippen molar-refractivity contribution in [2.24, 2.45) is 5.41 Å². The van der Waals surface area contributed by atoms with Crippen molar-refractivity contribution in [1.82, 2.24) is 14.7 Å². The van der Waals surface area contributed by atoms with E-state index in [1.807, 2.05) is 0 Å². The van der Waals surface area contributed by atoms with Crippen LogP contribution in [-0.2, 0) is 0 Å². The number of benzene rings is 1. The molecule has 2 N–H and O–H groups in total. The lowest BCUT2D eigenvalue weighted by Gasteiger charge is -2.30. The van der Waals surface area contributed by atoms with Gasteiger partial charge in [0.25, 0.3) is 5.91 Å². The molecule has 124 valence electrons. The second kappa shape index (κ2) is 6.89. The van der Waals surface area contributed by atoms with Gasteiger partial charge in [0.05, 0.1) is 13.2 Å². The van der Waals surface area contributed by atoms with E-state index in [2.05, 4.69) is 5.10 Å². The Kier molecular flexibility index (Phi) is 5.12. The Morgan fingerprint density at radius 2 is 2.09 bits per heavy atom. The summed E-state index contributed by atoms with van der Waals surface area (Å²) in [5, 5.41) is 22.6. The van der Waals surface area contributed by atoms with Crippen LogP contribution in [-0.4, -0.2) is 57.6 Å². The number of nitrogens with zero attached hydrogens (tertiary/aromatic N) is 3. The van der Waals surface area contributed by atoms with E-state index in [9.17, 15) is 19.4 Å². The van der Waals surface area contributed by atoms with Gasteiger partial charge in [-0.05, 0) is 24.3 Å². The lowest BCUT2D eigenvalue weighted by atomic mass is 9.92. The van der Waals surface area contributed by atoms with Gasteiger partial charge in [-0.2, -0.15) is 5.10 Å². The highest BCUT2D eigenvalue weighted by Crippen LogP contribution is 2.19. The monoisotopic (exact) mass is 321 g/mol. The predicted molar refractivity (Wildman–Crippen MR) is 82.8 cm³/mol. The molecule has 1 amide bonds. The minimum Gasteiger partial charge on any atom is -0.396 e. The van der Waals surface area contributed by atoms with Crippen LogP contribution in [0.15, 0.2) is 36.7 Å². The number of carbonyl (C=O) groups excluding carboxylic acids is 1. The number of hydrogen-bond donors (Lipinski definition) is 2. The fourth-order valence-electron chi connectivity index (χ4n) is 2.25. The molecule has 0 aliphatic rings. The highest BCUT2D eigenvalue weighted by atomic mass is 19.1. The van der Waals surface area contributed by atoms with E-state index in [0.717, 1.165) is 6.07 Å². The summed E-state index contributed by atoms with van der Waals surface area (Å²) in [6, 6.07) is 5.84. The third kappa shape index (κ3) is 3.75. The molecule has 0 unspecified atom stereocenters. The van der Waals surface area contributed by atoms with Crippen LogP contribution in [0, 0.1) is 11.2 Å². The van der Waals surface area contributed by atoms with Gasteiger partial charge in [0, 0.05) is 37.0 Å². The molecule has 0 atom stereocenters. The Bertz CT molecular complexity index is 669. The first kappa shape index (κ1) is 17.1. The molecule has 0 saturated carbocycles. The second-order valence-corrected chi connectivity index (χ2v) is 5.90. The molecule has 6 nitrogen and oxygen atoms in total. The quantitative estimate of drug-likeness (QED) is 0.834. The van der Waals surface area contributed by atoms with Crippen molar-refractivity contribution in [2.75, 3.05) is 26.8 Å². The Labute approximate surface area is 133 Å². The molecule has 0 spiro atoms. The van der Waals surface area contributed by atoms with Crippen LogP contribution in [0.4, 0.5) is 4.39 Å². The fourth-order valence-corrected chi connectivity index (χ4v) is 2.25. The van der Waals surface area contributed by atoms with Crippen molar-refractivity contribution in [3.63, 3.8) is 0 Å². The molecule has 2 rings (SSSR count). The standard InChI is InChI=1S/C16H20FN3O3/c1-16(10-21,11-22)9-19(2)15(23)12-4-5-14(13(17)8-12)20-7-3-6-18-20/h3-8,21-22H,9-11H2,1-2H3. The first-order chi connectivity index (χ1) is 10.9. The number of hydrogen-bond acceptors (Lipinski definition) is 4. The van der Waals surface area contributed by atoms with E-state index in [1.54, 1.807) is 26.2 Å². The number of rotatable bonds is 6. The summed E-state index contributed by atoms with van der Waals surface area (Å²) in [5.74, 6) is -0.941. The lowest BCUT2D eigenvalue weighted by Crippen LogP contribution is -2.41. The maximum absolute atomic E-state index is 14.2. The zero-order chi connectivity index (χ0) is 17.0. The van der Waals surface area contributed by atoms with E-state index in [4.69, 9.17) is 0 Å². The zero-order valence-corrected chi connectivity index (χ0v) is 13.1. The zero-order valence-electron chi connectivity index (χ0n) is 13.1. The molecule has 7 heteroatoms. The fraction of sp³-hybridized carbons (Fsp3) is 0.375. The van der Waals surface area contributed by atoms with Crippen LogP contribution < -0.4 is 0 Å². The van der Waals surface area contributed by atoms with E-state index in [1.165, 1.54) is 27.9 Å². The largest absolute Gasteiger partial charge is 0.396 e. The molecule has 0 bridgehead atoms. The van der Waals surface area contributed by atoms with Gasteiger partial charge in [-0.15, -0.1) is 0 Å². The van der Waals surface area contributed by atoms with Crippen LogP contribution in [0.5, 0.6) is 0 Å². The molecular formula is C16H20FN3O3. The molecule has 1 aromatic carbocycles. The maximum atomic E-state index is 14.2. The molecule has 0 fully saturated rings. The van der Waals surface area contributed by atoms with Crippen LogP contribution in [0.25, 0.3) is 5.69 Å². The first-order valence-electron chi connectivity index (χ1n) is 7.17. The van der Waals surface area contributed by atoms with Gasteiger partial charge in [-0.3, -0.25) is 4.79 Å². The van der Waals surface area contributed by atoms with Gasteiger partial charge in [0.2, 0.25) is 0 Å². The summed E-state index contributed by atoms with van der Waals surface area (Å²) in [6.45, 7) is 1.31. The molecule has 0 saturated heterocycles.